The molecule has 0 saturated carbocycles. The van der Waals surface area contributed by atoms with E-state index < -0.39 is 4.92 Å². The summed E-state index contributed by atoms with van der Waals surface area (Å²) >= 11 is 0. The zero-order valence-electron chi connectivity index (χ0n) is 12.2. The van der Waals surface area contributed by atoms with E-state index in [9.17, 15) is 10.1 Å². The average Bonchev–Trinajstić information content (AvgIpc) is 2.93. The van der Waals surface area contributed by atoms with E-state index in [-0.39, 0.29) is 5.69 Å². The predicted molar refractivity (Wildman–Crippen MR) is 82.0 cm³/mol. The van der Waals surface area contributed by atoms with Crippen LogP contribution in [0.15, 0.2) is 40.8 Å². The van der Waals surface area contributed by atoms with Crippen molar-refractivity contribution in [3.05, 3.63) is 52.1 Å². The number of aromatic nitrogens is 1. The van der Waals surface area contributed by atoms with Crippen molar-refractivity contribution in [2.24, 2.45) is 0 Å². The summed E-state index contributed by atoms with van der Waals surface area (Å²) in [7, 11) is 0. The molecule has 0 fully saturated rings. The number of nitro benzene ring substituents is 1. The van der Waals surface area contributed by atoms with E-state index in [1.807, 2.05) is 31.2 Å². The van der Waals surface area contributed by atoms with Gasteiger partial charge in [-0.3, -0.25) is 10.1 Å². The second-order valence-electron chi connectivity index (χ2n) is 4.84. The number of hydrogen-bond acceptors (Lipinski definition) is 5. The number of nitrogens with zero attached hydrogens (tertiary/aromatic N) is 2. The number of aryl methyl sites for hydroxylation is 1. The normalized spacial score (nSPS) is 10.8. The highest BCUT2D eigenvalue weighted by molar-refractivity contribution is 5.81. The Balaban J connectivity index is 2.04. The third kappa shape index (κ3) is 2.50. The van der Waals surface area contributed by atoms with Crippen molar-refractivity contribution in [3.8, 4) is 17.2 Å². The van der Waals surface area contributed by atoms with Gasteiger partial charge >= 0.3 is 0 Å². The van der Waals surface area contributed by atoms with Crippen LogP contribution in [0, 0.1) is 17.0 Å². The molecular formula is C16H14N2O4. The van der Waals surface area contributed by atoms with E-state index in [2.05, 4.69) is 4.98 Å². The minimum absolute atomic E-state index is 0.0107. The van der Waals surface area contributed by atoms with Gasteiger partial charge in [0.05, 0.1) is 11.5 Å². The second-order valence-corrected chi connectivity index (χ2v) is 4.84. The van der Waals surface area contributed by atoms with Crippen molar-refractivity contribution in [3.63, 3.8) is 0 Å². The maximum absolute atomic E-state index is 10.9. The monoisotopic (exact) mass is 298 g/mol. The van der Waals surface area contributed by atoms with E-state index in [0.717, 1.165) is 11.3 Å². The number of non-ortho nitro benzene ring substituents is 1. The van der Waals surface area contributed by atoms with Crippen molar-refractivity contribution in [2.75, 3.05) is 6.61 Å². The highest BCUT2D eigenvalue weighted by Gasteiger charge is 2.15. The van der Waals surface area contributed by atoms with E-state index in [1.54, 1.807) is 6.92 Å². The van der Waals surface area contributed by atoms with Crippen molar-refractivity contribution < 1.29 is 14.1 Å². The number of hydrogen-bond donors (Lipinski definition) is 0. The van der Waals surface area contributed by atoms with Gasteiger partial charge in [0.15, 0.2) is 5.58 Å². The van der Waals surface area contributed by atoms with Crippen LogP contribution in [0.4, 0.5) is 5.69 Å². The molecule has 0 aliphatic rings. The Morgan fingerprint density at radius 1 is 1.27 bits per heavy atom. The molecule has 112 valence electrons. The zero-order valence-corrected chi connectivity index (χ0v) is 12.2. The molecular weight excluding hydrogens is 284 g/mol. The molecule has 2 aromatic carbocycles. The lowest BCUT2D eigenvalue weighted by molar-refractivity contribution is -0.384. The molecule has 3 rings (SSSR count). The summed E-state index contributed by atoms with van der Waals surface area (Å²) in [6.45, 7) is 4.29. The molecule has 0 spiro atoms. The highest BCUT2D eigenvalue weighted by Crippen LogP contribution is 2.30. The summed E-state index contributed by atoms with van der Waals surface area (Å²) in [6.07, 6.45) is 0. The van der Waals surface area contributed by atoms with Crippen LogP contribution < -0.4 is 4.74 Å². The fourth-order valence-corrected chi connectivity index (χ4v) is 2.27. The molecule has 0 aliphatic heterocycles. The number of benzene rings is 2. The maximum Gasteiger partial charge on any atom is 0.272 e. The van der Waals surface area contributed by atoms with Crippen LogP contribution in [-0.4, -0.2) is 16.5 Å². The van der Waals surface area contributed by atoms with Gasteiger partial charge in [0.25, 0.3) is 5.69 Å². The first-order chi connectivity index (χ1) is 10.6. The fraction of sp³-hybridized carbons (Fsp3) is 0.188. The SMILES string of the molecule is CCOc1ccc(-c2nc3cc([N+](=O)[O-])cc(C)c3o2)cc1. The Labute approximate surface area is 126 Å². The molecule has 6 nitrogen and oxygen atoms in total. The van der Waals surface area contributed by atoms with Crippen molar-refractivity contribution in [1.82, 2.24) is 4.98 Å². The predicted octanol–water partition coefficient (Wildman–Crippen LogP) is 4.11. The lowest BCUT2D eigenvalue weighted by Gasteiger charge is -2.02. The molecule has 0 atom stereocenters. The van der Waals surface area contributed by atoms with Gasteiger partial charge < -0.3 is 9.15 Å². The van der Waals surface area contributed by atoms with Gasteiger partial charge in [-0.05, 0) is 38.1 Å². The minimum atomic E-state index is -0.433. The quantitative estimate of drug-likeness (QED) is 0.535. The molecule has 1 aromatic heterocycles. The Kier molecular flexibility index (Phi) is 3.50. The lowest BCUT2D eigenvalue weighted by Crippen LogP contribution is -1.90. The number of oxazole rings is 1. The molecule has 0 amide bonds. The Morgan fingerprint density at radius 2 is 2.00 bits per heavy atom. The van der Waals surface area contributed by atoms with E-state index >= 15 is 0 Å². The van der Waals surface area contributed by atoms with Gasteiger partial charge in [0.1, 0.15) is 11.3 Å². The third-order valence-corrected chi connectivity index (χ3v) is 3.28. The standard InChI is InChI=1S/C16H14N2O4/c1-3-21-13-6-4-11(5-7-13)16-17-14-9-12(18(19)20)8-10(2)15(14)22-16/h4-9H,3H2,1-2H3. The topological polar surface area (TPSA) is 78.4 Å². The molecule has 0 N–H and O–H groups in total. The van der Waals surface area contributed by atoms with Crippen molar-refractivity contribution in [2.45, 2.75) is 13.8 Å². The van der Waals surface area contributed by atoms with Gasteiger partial charge in [0, 0.05) is 23.3 Å². The van der Waals surface area contributed by atoms with Crippen LogP contribution >= 0.6 is 0 Å². The lowest BCUT2D eigenvalue weighted by atomic mass is 10.2. The van der Waals surface area contributed by atoms with Crippen molar-refractivity contribution >= 4 is 16.8 Å². The molecule has 22 heavy (non-hydrogen) atoms. The van der Waals surface area contributed by atoms with Gasteiger partial charge in [-0.25, -0.2) is 4.98 Å². The second kappa shape index (κ2) is 5.48. The number of nitro groups is 1. The minimum Gasteiger partial charge on any atom is -0.494 e. The Bertz CT molecular complexity index is 837. The average molecular weight is 298 g/mol. The first kappa shape index (κ1) is 14.1. The summed E-state index contributed by atoms with van der Waals surface area (Å²) in [5.41, 5.74) is 2.54. The van der Waals surface area contributed by atoms with E-state index in [0.29, 0.717) is 29.2 Å². The molecule has 3 aromatic rings. The molecule has 0 radical (unpaired) electrons. The Morgan fingerprint density at radius 3 is 2.64 bits per heavy atom. The van der Waals surface area contributed by atoms with Gasteiger partial charge in [-0.1, -0.05) is 0 Å². The summed E-state index contributed by atoms with van der Waals surface area (Å²) in [6, 6.07) is 10.3. The zero-order chi connectivity index (χ0) is 15.7. The first-order valence-electron chi connectivity index (χ1n) is 6.87. The Hall–Kier alpha value is -2.89. The summed E-state index contributed by atoms with van der Waals surface area (Å²) in [4.78, 5) is 14.8. The molecule has 0 aliphatic carbocycles. The number of fused-ring (bicyclic) bond motifs is 1. The fourth-order valence-electron chi connectivity index (χ4n) is 2.27. The van der Waals surface area contributed by atoms with Crippen LogP contribution in [0.3, 0.4) is 0 Å². The molecule has 6 heteroatoms. The smallest absolute Gasteiger partial charge is 0.272 e. The highest BCUT2D eigenvalue weighted by atomic mass is 16.6. The van der Waals surface area contributed by atoms with Crippen LogP contribution in [0.5, 0.6) is 5.75 Å². The van der Waals surface area contributed by atoms with Gasteiger partial charge in [-0.15, -0.1) is 0 Å². The van der Waals surface area contributed by atoms with Crippen LogP contribution in [0.25, 0.3) is 22.6 Å². The number of ether oxygens (including phenoxy) is 1. The molecule has 0 unspecified atom stereocenters. The third-order valence-electron chi connectivity index (χ3n) is 3.28. The summed E-state index contributed by atoms with van der Waals surface area (Å²) < 4.78 is 11.1. The van der Waals surface area contributed by atoms with Crippen LogP contribution in [0.2, 0.25) is 0 Å². The van der Waals surface area contributed by atoms with E-state index in [1.165, 1.54) is 12.1 Å². The molecule has 1 heterocycles. The largest absolute Gasteiger partial charge is 0.494 e. The van der Waals surface area contributed by atoms with E-state index in [4.69, 9.17) is 9.15 Å². The summed E-state index contributed by atoms with van der Waals surface area (Å²) in [5, 5.41) is 10.9. The maximum atomic E-state index is 10.9. The molecule has 0 saturated heterocycles. The van der Waals surface area contributed by atoms with Crippen LogP contribution in [0.1, 0.15) is 12.5 Å². The molecule has 0 bridgehead atoms. The first-order valence-corrected chi connectivity index (χ1v) is 6.87. The van der Waals surface area contributed by atoms with Gasteiger partial charge in [0.2, 0.25) is 5.89 Å². The van der Waals surface area contributed by atoms with Crippen LogP contribution in [-0.2, 0) is 0 Å². The van der Waals surface area contributed by atoms with Gasteiger partial charge in [-0.2, -0.15) is 0 Å². The van der Waals surface area contributed by atoms with Crippen molar-refractivity contribution in [1.29, 1.82) is 0 Å². The number of rotatable bonds is 4. The summed E-state index contributed by atoms with van der Waals surface area (Å²) in [5.74, 6) is 1.20.